The molecule has 2 N–H and O–H groups in total. The molecule has 92 valence electrons. The van der Waals surface area contributed by atoms with E-state index in [1.54, 1.807) is 0 Å². The van der Waals surface area contributed by atoms with Crippen molar-refractivity contribution in [3.8, 4) is 0 Å². The predicted molar refractivity (Wildman–Crippen MR) is 69.4 cm³/mol. The number of rotatable bonds is 2. The molecule has 0 aliphatic carbocycles. The maximum atomic E-state index is 11.1. The van der Waals surface area contributed by atoms with E-state index in [1.807, 2.05) is 0 Å². The van der Waals surface area contributed by atoms with Crippen molar-refractivity contribution in [2.45, 2.75) is 40.2 Å². The van der Waals surface area contributed by atoms with Crippen LogP contribution in [0, 0.1) is 27.7 Å². The molecule has 1 atom stereocenters. The number of nitrogens with one attached hydrogen (secondary N) is 2. The minimum atomic E-state index is -0.0480. The fraction of sp³-hybridized carbons (Fsp3) is 0.500. The van der Waals surface area contributed by atoms with Gasteiger partial charge in [0.25, 0.3) is 0 Å². The number of benzene rings is 1. The highest BCUT2D eigenvalue weighted by Gasteiger charge is 2.21. The second-order valence-corrected chi connectivity index (χ2v) is 4.98. The molecule has 1 aromatic rings. The van der Waals surface area contributed by atoms with E-state index in [1.165, 1.54) is 27.8 Å². The third-order valence-corrected chi connectivity index (χ3v) is 3.90. The van der Waals surface area contributed by atoms with Gasteiger partial charge < -0.3 is 10.6 Å². The summed E-state index contributed by atoms with van der Waals surface area (Å²) in [6.45, 7) is 9.38. The molecule has 17 heavy (non-hydrogen) atoms. The SMILES string of the molecule is Cc1cc(CC2CNC(=O)N2)c(C)c(C)c1C. The molecule has 2 amide bonds. The van der Waals surface area contributed by atoms with Crippen molar-refractivity contribution in [2.75, 3.05) is 6.54 Å². The summed E-state index contributed by atoms with van der Waals surface area (Å²) in [4.78, 5) is 11.1. The molecular formula is C14H20N2O. The Kier molecular flexibility index (Phi) is 3.09. The number of hydrogen-bond acceptors (Lipinski definition) is 1. The summed E-state index contributed by atoms with van der Waals surface area (Å²) in [7, 11) is 0. The minimum absolute atomic E-state index is 0.0480. The van der Waals surface area contributed by atoms with Crippen LogP contribution in [0.2, 0.25) is 0 Å². The monoisotopic (exact) mass is 232 g/mol. The average Bonchev–Trinajstić information content (AvgIpc) is 2.69. The number of aryl methyl sites for hydroxylation is 1. The molecule has 0 radical (unpaired) electrons. The van der Waals surface area contributed by atoms with Crippen LogP contribution in [-0.2, 0) is 6.42 Å². The zero-order valence-corrected chi connectivity index (χ0v) is 11.0. The Bertz CT molecular complexity index is 466. The van der Waals surface area contributed by atoms with E-state index in [9.17, 15) is 4.79 Å². The highest BCUT2D eigenvalue weighted by molar-refractivity contribution is 5.76. The summed E-state index contributed by atoms with van der Waals surface area (Å²) in [6, 6.07) is 2.43. The summed E-state index contributed by atoms with van der Waals surface area (Å²) in [6.07, 6.45) is 0.909. The van der Waals surface area contributed by atoms with Crippen LogP contribution in [0.3, 0.4) is 0 Å². The van der Waals surface area contributed by atoms with Crippen LogP contribution >= 0.6 is 0 Å². The molecule has 3 heteroatoms. The first-order valence-electron chi connectivity index (χ1n) is 6.09. The standard InChI is InChI=1S/C14H20N2O/c1-8-5-12(11(4)10(3)9(8)2)6-13-7-15-14(17)16-13/h5,13H,6-7H2,1-4H3,(H2,15,16,17). The van der Waals surface area contributed by atoms with Gasteiger partial charge in [-0.05, 0) is 61.9 Å². The zero-order chi connectivity index (χ0) is 12.6. The second-order valence-electron chi connectivity index (χ2n) is 4.98. The van der Waals surface area contributed by atoms with Gasteiger partial charge in [0, 0.05) is 6.54 Å². The molecular weight excluding hydrogens is 212 g/mol. The molecule has 0 aromatic heterocycles. The topological polar surface area (TPSA) is 41.1 Å². The van der Waals surface area contributed by atoms with Crippen molar-refractivity contribution >= 4 is 6.03 Å². The Morgan fingerprint density at radius 3 is 2.47 bits per heavy atom. The lowest BCUT2D eigenvalue weighted by Crippen LogP contribution is -2.28. The molecule has 1 aliphatic rings. The third-order valence-electron chi connectivity index (χ3n) is 3.90. The molecule has 1 fully saturated rings. The third kappa shape index (κ3) is 2.28. The maximum absolute atomic E-state index is 11.1. The van der Waals surface area contributed by atoms with Crippen LogP contribution in [0.1, 0.15) is 27.8 Å². The van der Waals surface area contributed by atoms with Gasteiger partial charge in [-0.1, -0.05) is 6.07 Å². The van der Waals surface area contributed by atoms with Crippen molar-refractivity contribution in [1.82, 2.24) is 10.6 Å². The van der Waals surface area contributed by atoms with Crippen molar-refractivity contribution in [1.29, 1.82) is 0 Å². The number of amides is 2. The van der Waals surface area contributed by atoms with Gasteiger partial charge in [0.2, 0.25) is 0 Å². The molecule has 0 spiro atoms. The molecule has 1 aromatic carbocycles. The lowest BCUT2D eigenvalue weighted by Gasteiger charge is -2.16. The van der Waals surface area contributed by atoms with Gasteiger partial charge in [-0.3, -0.25) is 0 Å². The first-order valence-corrected chi connectivity index (χ1v) is 6.09. The summed E-state index contributed by atoms with van der Waals surface area (Å²) in [5, 5.41) is 5.73. The molecule has 1 unspecified atom stereocenters. The summed E-state index contributed by atoms with van der Waals surface area (Å²) < 4.78 is 0. The smallest absolute Gasteiger partial charge is 0.315 e. The highest BCUT2D eigenvalue weighted by atomic mass is 16.2. The molecule has 1 saturated heterocycles. The summed E-state index contributed by atoms with van der Waals surface area (Å²) in [5.74, 6) is 0. The molecule has 0 saturated carbocycles. The first-order chi connectivity index (χ1) is 7.99. The van der Waals surface area contributed by atoms with E-state index in [2.05, 4.69) is 44.4 Å². The molecule has 1 heterocycles. The maximum Gasteiger partial charge on any atom is 0.315 e. The molecule has 2 rings (SSSR count). The van der Waals surface area contributed by atoms with Gasteiger partial charge >= 0.3 is 6.03 Å². The number of hydrogen-bond donors (Lipinski definition) is 2. The zero-order valence-electron chi connectivity index (χ0n) is 11.0. The van der Waals surface area contributed by atoms with Crippen molar-refractivity contribution in [3.05, 3.63) is 33.9 Å². The van der Waals surface area contributed by atoms with Crippen LogP contribution in [0.15, 0.2) is 6.07 Å². The first kappa shape index (κ1) is 12.0. The number of carbonyl (C=O) groups is 1. The Morgan fingerprint density at radius 2 is 1.88 bits per heavy atom. The van der Waals surface area contributed by atoms with Crippen LogP contribution < -0.4 is 10.6 Å². The van der Waals surface area contributed by atoms with E-state index in [0.29, 0.717) is 0 Å². The quantitative estimate of drug-likeness (QED) is 0.806. The van der Waals surface area contributed by atoms with Gasteiger partial charge in [-0.15, -0.1) is 0 Å². The Morgan fingerprint density at radius 1 is 1.18 bits per heavy atom. The lowest BCUT2D eigenvalue weighted by atomic mass is 9.91. The van der Waals surface area contributed by atoms with Gasteiger partial charge in [0.15, 0.2) is 0 Å². The van der Waals surface area contributed by atoms with Crippen LogP contribution in [0.25, 0.3) is 0 Å². The summed E-state index contributed by atoms with van der Waals surface area (Å²) >= 11 is 0. The van der Waals surface area contributed by atoms with Crippen molar-refractivity contribution < 1.29 is 4.79 Å². The van der Waals surface area contributed by atoms with Gasteiger partial charge in [-0.25, -0.2) is 4.79 Å². The van der Waals surface area contributed by atoms with Crippen molar-refractivity contribution in [2.24, 2.45) is 0 Å². The molecule has 3 nitrogen and oxygen atoms in total. The Hall–Kier alpha value is -1.51. The Balaban J connectivity index is 2.24. The fourth-order valence-electron chi connectivity index (χ4n) is 2.40. The highest BCUT2D eigenvalue weighted by Crippen LogP contribution is 2.22. The van der Waals surface area contributed by atoms with E-state index >= 15 is 0 Å². The minimum Gasteiger partial charge on any atom is -0.336 e. The van der Waals surface area contributed by atoms with Gasteiger partial charge in [0.1, 0.15) is 0 Å². The summed E-state index contributed by atoms with van der Waals surface area (Å²) in [5.41, 5.74) is 6.78. The van der Waals surface area contributed by atoms with E-state index in [-0.39, 0.29) is 12.1 Å². The predicted octanol–water partition coefficient (Wildman–Crippen LogP) is 2.14. The average molecular weight is 232 g/mol. The molecule has 0 bridgehead atoms. The van der Waals surface area contributed by atoms with Crippen LogP contribution in [-0.4, -0.2) is 18.6 Å². The number of carbonyl (C=O) groups excluding carboxylic acids is 1. The number of urea groups is 1. The normalized spacial score (nSPS) is 19.1. The van der Waals surface area contributed by atoms with Crippen molar-refractivity contribution in [3.63, 3.8) is 0 Å². The van der Waals surface area contributed by atoms with E-state index < -0.39 is 0 Å². The van der Waals surface area contributed by atoms with E-state index in [0.717, 1.165) is 13.0 Å². The Labute approximate surface area is 103 Å². The van der Waals surface area contributed by atoms with Gasteiger partial charge in [0.05, 0.1) is 6.04 Å². The lowest BCUT2D eigenvalue weighted by molar-refractivity contribution is 0.247. The fourth-order valence-corrected chi connectivity index (χ4v) is 2.40. The van der Waals surface area contributed by atoms with E-state index in [4.69, 9.17) is 0 Å². The largest absolute Gasteiger partial charge is 0.336 e. The van der Waals surface area contributed by atoms with Gasteiger partial charge in [-0.2, -0.15) is 0 Å². The van der Waals surface area contributed by atoms with Crippen LogP contribution in [0.5, 0.6) is 0 Å². The second kappa shape index (κ2) is 4.40. The molecule has 1 aliphatic heterocycles. The van der Waals surface area contributed by atoms with Crippen LogP contribution in [0.4, 0.5) is 4.79 Å².